The highest BCUT2D eigenvalue weighted by molar-refractivity contribution is 5.88. The van der Waals surface area contributed by atoms with Gasteiger partial charge in [-0.1, -0.05) is 0 Å². The quantitative estimate of drug-likeness (QED) is 0.361. The average Bonchev–Trinajstić information content (AvgIpc) is 2.17. The lowest BCUT2D eigenvalue weighted by Gasteiger charge is -2.23. The van der Waals surface area contributed by atoms with Gasteiger partial charge in [0.1, 0.15) is 13.2 Å². The van der Waals surface area contributed by atoms with Crippen molar-refractivity contribution in [2.75, 3.05) is 34.3 Å². The van der Waals surface area contributed by atoms with Gasteiger partial charge in [0.15, 0.2) is 0 Å². The van der Waals surface area contributed by atoms with Crippen LogP contribution < -0.4 is 24.0 Å². The molecule has 0 aromatic carbocycles. The van der Waals surface area contributed by atoms with E-state index in [0.29, 0.717) is 12.2 Å². The first-order chi connectivity index (χ1) is 6.99. The van der Waals surface area contributed by atoms with Crippen LogP contribution in [0.1, 0.15) is 10.4 Å². The third-order valence-electron chi connectivity index (χ3n) is 1.89. The number of hydrogen-bond acceptors (Lipinski definition) is 3. The maximum atomic E-state index is 11.5. The van der Waals surface area contributed by atoms with Crippen molar-refractivity contribution in [3.05, 3.63) is 30.1 Å². The molecule has 0 saturated carbocycles. The van der Waals surface area contributed by atoms with Gasteiger partial charge in [0.05, 0.1) is 26.7 Å². The van der Waals surface area contributed by atoms with E-state index >= 15 is 0 Å². The lowest BCUT2D eigenvalue weighted by molar-refractivity contribution is -0.870. The summed E-state index contributed by atoms with van der Waals surface area (Å²) in [5.74, 6) is -0.309. The lowest BCUT2D eigenvalue weighted by atomic mass is 10.3. The number of quaternary nitrogens is 1. The van der Waals surface area contributed by atoms with Gasteiger partial charge in [0.2, 0.25) is 0 Å². The average molecular weight is 336 g/mol. The fraction of sp³-hybridized carbons (Fsp3) is 0.455. The van der Waals surface area contributed by atoms with Crippen LogP contribution in [0.3, 0.4) is 0 Å². The molecule has 16 heavy (non-hydrogen) atoms. The number of pyridine rings is 1. The zero-order valence-electron chi connectivity index (χ0n) is 9.81. The Balaban J connectivity index is 0.00000225. The molecule has 0 radical (unpaired) electrons. The summed E-state index contributed by atoms with van der Waals surface area (Å²) in [7, 11) is 6.16. The fourth-order valence-corrected chi connectivity index (χ4v) is 0.979. The van der Waals surface area contributed by atoms with Crippen LogP contribution in [-0.2, 0) is 4.74 Å². The third kappa shape index (κ3) is 6.02. The number of aromatic nitrogens is 1. The summed E-state index contributed by atoms with van der Waals surface area (Å²) in [5.41, 5.74) is 0.499. The monoisotopic (exact) mass is 336 g/mol. The first-order valence-electron chi connectivity index (χ1n) is 4.87. The predicted octanol–water partition coefficient (Wildman–Crippen LogP) is -2.05. The minimum absolute atomic E-state index is 0. The summed E-state index contributed by atoms with van der Waals surface area (Å²) in [4.78, 5) is 15.3. The van der Waals surface area contributed by atoms with Crippen LogP contribution in [-0.4, -0.2) is 49.7 Å². The number of halogens is 1. The van der Waals surface area contributed by atoms with E-state index < -0.39 is 0 Å². The van der Waals surface area contributed by atoms with Crippen LogP contribution in [0.15, 0.2) is 24.5 Å². The number of esters is 1. The highest BCUT2D eigenvalue weighted by Crippen LogP contribution is 1.99. The number of nitrogens with zero attached hydrogens (tertiary/aromatic N) is 2. The van der Waals surface area contributed by atoms with Gasteiger partial charge in [-0.2, -0.15) is 0 Å². The van der Waals surface area contributed by atoms with Crippen molar-refractivity contribution >= 4 is 5.97 Å². The van der Waals surface area contributed by atoms with Crippen LogP contribution in [0.5, 0.6) is 0 Å². The Bertz CT molecular complexity index is 323. The second-order valence-corrected chi connectivity index (χ2v) is 4.39. The van der Waals surface area contributed by atoms with Crippen LogP contribution in [0.4, 0.5) is 0 Å². The Labute approximate surface area is 113 Å². The first-order valence-corrected chi connectivity index (χ1v) is 4.87. The van der Waals surface area contributed by atoms with Gasteiger partial charge in [-0.25, -0.2) is 4.79 Å². The maximum absolute atomic E-state index is 11.5. The lowest BCUT2D eigenvalue weighted by Crippen LogP contribution is -3.00. The molecule has 0 saturated heterocycles. The molecule has 1 aromatic heterocycles. The second kappa shape index (κ2) is 6.80. The molecule has 0 bridgehead atoms. The third-order valence-corrected chi connectivity index (χ3v) is 1.89. The molecule has 1 rings (SSSR count). The van der Waals surface area contributed by atoms with Crippen molar-refractivity contribution in [1.82, 2.24) is 4.98 Å². The molecule has 0 amide bonds. The number of hydrogen-bond donors (Lipinski definition) is 0. The van der Waals surface area contributed by atoms with E-state index in [9.17, 15) is 4.79 Å². The molecule has 0 spiro atoms. The molecule has 0 N–H and O–H groups in total. The van der Waals surface area contributed by atoms with E-state index in [0.717, 1.165) is 11.0 Å². The normalized spacial score (nSPS) is 10.4. The van der Waals surface area contributed by atoms with Crippen molar-refractivity contribution in [1.29, 1.82) is 0 Å². The highest BCUT2D eigenvalue weighted by Gasteiger charge is 2.10. The van der Waals surface area contributed by atoms with E-state index in [4.69, 9.17) is 4.74 Å². The molecule has 0 fully saturated rings. The molecule has 4 nitrogen and oxygen atoms in total. The highest BCUT2D eigenvalue weighted by atomic mass is 127. The van der Waals surface area contributed by atoms with Crippen molar-refractivity contribution < 1.29 is 38.0 Å². The molecule has 0 unspecified atom stereocenters. The smallest absolute Gasteiger partial charge is 0.339 e. The molecule has 0 aliphatic carbocycles. The number of carbonyl (C=O) groups excluding carboxylic acids is 1. The summed E-state index contributed by atoms with van der Waals surface area (Å²) in [6.45, 7) is 1.23. The van der Waals surface area contributed by atoms with Gasteiger partial charge >= 0.3 is 5.97 Å². The molecular weight excluding hydrogens is 319 g/mol. The van der Waals surface area contributed by atoms with Crippen molar-refractivity contribution in [2.45, 2.75) is 0 Å². The fourth-order valence-electron chi connectivity index (χ4n) is 0.979. The SMILES string of the molecule is C[N+](C)(C)CCOC(=O)c1cccnc1.[I-]. The zero-order chi connectivity index (χ0) is 11.3. The molecule has 5 heteroatoms. The van der Waals surface area contributed by atoms with Gasteiger partial charge < -0.3 is 33.2 Å². The maximum Gasteiger partial charge on any atom is 0.339 e. The number of ether oxygens (including phenoxy) is 1. The summed E-state index contributed by atoms with van der Waals surface area (Å²) in [6, 6.07) is 3.41. The molecule has 90 valence electrons. The van der Waals surface area contributed by atoms with E-state index in [2.05, 4.69) is 26.1 Å². The zero-order valence-corrected chi connectivity index (χ0v) is 12.0. The molecule has 0 atom stereocenters. The standard InChI is InChI=1S/C11H17N2O2.HI/c1-13(2,3)7-8-15-11(14)10-5-4-6-12-9-10;/h4-6,9H,7-8H2,1-3H3;1H/q+1;/p-1. The molecular formula is C11H17IN2O2. The topological polar surface area (TPSA) is 39.2 Å². The molecule has 1 aromatic rings. The number of carbonyl (C=O) groups is 1. The Morgan fingerprint density at radius 3 is 2.62 bits per heavy atom. The van der Waals surface area contributed by atoms with E-state index in [-0.39, 0.29) is 29.9 Å². The summed E-state index contributed by atoms with van der Waals surface area (Å²) in [6.07, 6.45) is 3.14. The summed E-state index contributed by atoms with van der Waals surface area (Å²) in [5, 5.41) is 0. The van der Waals surface area contributed by atoms with Crippen LogP contribution in [0.2, 0.25) is 0 Å². The Kier molecular flexibility index (Phi) is 6.51. The molecule has 0 aliphatic heterocycles. The van der Waals surface area contributed by atoms with Gasteiger partial charge in [0, 0.05) is 12.4 Å². The molecule has 1 heterocycles. The Morgan fingerprint density at radius 2 is 2.12 bits per heavy atom. The van der Waals surface area contributed by atoms with Gasteiger partial charge in [-0.05, 0) is 12.1 Å². The first kappa shape index (κ1) is 15.3. The number of rotatable bonds is 4. The summed E-state index contributed by atoms with van der Waals surface area (Å²) < 4.78 is 5.89. The van der Waals surface area contributed by atoms with Crippen molar-refractivity contribution in [2.24, 2.45) is 0 Å². The minimum Gasteiger partial charge on any atom is -1.00 e. The van der Waals surface area contributed by atoms with Crippen LogP contribution in [0.25, 0.3) is 0 Å². The number of likely N-dealkylation sites (N-methyl/N-ethyl adjacent to an activating group) is 1. The van der Waals surface area contributed by atoms with E-state index in [1.165, 1.54) is 6.20 Å². The Hall–Kier alpha value is -0.690. The minimum atomic E-state index is -0.309. The Morgan fingerprint density at radius 1 is 1.44 bits per heavy atom. The largest absolute Gasteiger partial charge is 1.00 e. The summed E-state index contributed by atoms with van der Waals surface area (Å²) >= 11 is 0. The molecule has 0 aliphatic rings. The predicted molar refractivity (Wildman–Crippen MR) is 57.4 cm³/mol. The van der Waals surface area contributed by atoms with E-state index in [1.54, 1.807) is 18.3 Å². The second-order valence-electron chi connectivity index (χ2n) is 4.39. The van der Waals surface area contributed by atoms with E-state index in [1.807, 2.05) is 0 Å². The van der Waals surface area contributed by atoms with Crippen molar-refractivity contribution in [3.8, 4) is 0 Å². The van der Waals surface area contributed by atoms with Gasteiger partial charge in [-0.3, -0.25) is 4.98 Å². The van der Waals surface area contributed by atoms with Gasteiger partial charge in [-0.15, -0.1) is 0 Å². The van der Waals surface area contributed by atoms with Crippen LogP contribution >= 0.6 is 0 Å². The van der Waals surface area contributed by atoms with Gasteiger partial charge in [0.25, 0.3) is 0 Å². The van der Waals surface area contributed by atoms with Crippen molar-refractivity contribution in [3.63, 3.8) is 0 Å². The van der Waals surface area contributed by atoms with Crippen LogP contribution in [0, 0.1) is 0 Å².